The van der Waals surface area contributed by atoms with Crippen LogP contribution in [0.25, 0.3) is 0 Å². The molecule has 0 atom stereocenters. The van der Waals surface area contributed by atoms with Gasteiger partial charge in [-0.15, -0.1) is 0 Å². The van der Waals surface area contributed by atoms with Crippen LogP contribution in [0.3, 0.4) is 0 Å². The van der Waals surface area contributed by atoms with Crippen molar-refractivity contribution < 1.29 is 26.6 Å². The van der Waals surface area contributed by atoms with Crippen LogP contribution in [0.2, 0.25) is 0 Å². The predicted octanol–water partition coefficient (Wildman–Crippen LogP) is 7.49. The first-order chi connectivity index (χ1) is 15.8. The van der Waals surface area contributed by atoms with E-state index in [1.165, 1.54) is 42.1 Å². The summed E-state index contributed by atoms with van der Waals surface area (Å²) in [6.45, 7) is 11.2. The number of hydrogen-bond acceptors (Lipinski definition) is 2. The van der Waals surface area contributed by atoms with Crippen molar-refractivity contribution in [3.63, 3.8) is 0 Å². The van der Waals surface area contributed by atoms with Gasteiger partial charge in [0.1, 0.15) is 0 Å². The fraction of sp³-hybridized carbons (Fsp3) is 0.323. The molecule has 2 saturated carbocycles. The van der Waals surface area contributed by atoms with Gasteiger partial charge < -0.3 is 4.74 Å². The number of allylic oxidation sites excluding steroid dienone is 9. The summed E-state index contributed by atoms with van der Waals surface area (Å²) in [5, 5.41) is 0. The van der Waals surface area contributed by atoms with Crippen molar-refractivity contribution in [2.24, 2.45) is 5.41 Å². The maximum atomic E-state index is 11.9. The second-order valence-electron chi connectivity index (χ2n) is 9.29. The molecule has 0 N–H and O–H groups in total. The summed E-state index contributed by atoms with van der Waals surface area (Å²) in [7, 11) is 0. The van der Waals surface area contributed by atoms with E-state index < -0.39 is 0 Å². The van der Waals surface area contributed by atoms with E-state index in [2.05, 4.69) is 45.9 Å². The third-order valence-corrected chi connectivity index (χ3v) is 5.79. The molecule has 0 aromatic carbocycles. The van der Waals surface area contributed by atoms with Gasteiger partial charge in [0.15, 0.2) is 0 Å². The van der Waals surface area contributed by atoms with E-state index in [1.807, 2.05) is 76.9 Å². The third-order valence-electron chi connectivity index (χ3n) is 5.79. The SMILES string of the molecule is CC1=C(/C=C/C(C)=C/C=C/C(C)=C/C(=O)OC[C]2[CH][CH][CH][CH]2)C(C)(C)CCC1.[CH]1[CH][CH][CH][CH]1.[Fe+2]. The number of hydrogen-bond donors (Lipinski definition) is 0. The van der Waals surface area contributed by atoms with Gasteiger partial charge in [-0.25, -0.2) is 4.79 Å². The van der Waals surface area contributed by atoms with E-state index in [-0.39, 0.29) is 28.5 Å². The molecule has 3 aliphatic rings. The molecule has 2 fully saturated rings. The zero-order valence-corrected chi connectivity index (χ0v) is 22.3. The summed E-state index contributed by atoms with van der Waals surface area (Å²) in [4.78, 5) is 11.9. The van der Waals surface area contributed by atoms with Gasteiger partial charge in [-0.3, -0.25) is 0 Å². The normalized spacial score (nSPS) is 21.6. The number of ether oxygens (including phenoxy) is 1. The van der Waals surface area contributed by atoms with Gasteiger partial charge in [0, 0.05) is 12.0 Å². The minimum absolute atomic E-state index is 0. The number of esters is 1. The van der Waals surface area contributed by atoms with Crippen molar-refractivity contribution in [3.8, 4) is 0 Å². The van der Waals surface area contributed by atoms with Crippen LogP contribution >= 0.6 is 0 Å². The Labute approximate surface area is 220 Å². The molecule has 3 aliphatic carbocycles. The van der Waals surface area contributed by atoms with Crippen LogP contribution in [0.1, 0.15) is 53.9 Å². The van der Waals surface area contributed by atoms with Crippen molar-refractivity contribution in [1.82, 2.24) is 0 Å². The summed E-state index contributed by atoms with van der Waals surface area (Å²) in [6, 6.07) is 0. The Balaban J connectivity index is 0.000000851. The summed E-state index contributed by atoms with van der Waals surface area (Å²) >= 11 is 0. The average Bonchev–Trinajstić information content (AvgIpc) is 3.48. The van der Waals surface area contributed by atoms with E-state index in [0.29, 0.717) is 6.61 Å². The zero-order valence-electron chi connectivity index (χ0n) is 21.2. The predicted molar refractivity (Wildman–Crippen MR) is 139 cm³/mol. The van der Waals surface area contributed by atoms with Gasteiger partial charge in [0.25, 0.3) is 0 Å². The molecule has 0 saturated heterocycles. The quantitative estimate of drug-likeness (QED) is 0.157. The van der Waals surface area contributed by atoms with Crippen LogP contribution in [-0.2, 0) is 26.6 Å². The van der Waals surface area contributed by atoms with Gasteiger partial charge >= 0.3 is 23.0 Å². The van der Waals surface area contributed by atoms with Gasteiger partial charge in [0.2, 0.25) is 0 Å². The Morgan fingerprint density at radius 2 is 1.59 bits per heavy atom. The molecule has 0 amide bonds. The molecule has 3 rings (SSSR count). The molecule has 0 unspecified atom stereocenters. The molecule has 0 aromatic heterocycles. The van der Waals surface area contributed by atoms with E-state index in [1.54, 1.807) is 0 Å². The Morgan fingerprint density at radius 3 is 2.18 bits per heavy atom. The first-order valence-corrected chi connectivity index (χ1v) is 11.7. The summed E-state index contributed by atoms with van der Waals surface area (Å²) in [5.41, 5.74) is 5.29. The largest absolute Gasteiger partial charge is 2.00 e. The van der Waals surface area contributed by atoms with Crippen LogP contribution in [0.4, 0.5) is 0 Å². The molecular formula is C31H38FeO2+2. The van der Waals surface area contributed by atoms with Gasteiger partial charge in [-0.2, -0.15) is 0 Å². The Hall–Kier alpha value is -1.31. The second-order valence-corrected chi connectivity index (χ2v) is 9.29. The molecule has 0 aliphatic heterocycles. The maximum absolute atomic E-state index is 11.9. The molecule has 3 heteroatoms. The Bertz CT molecular complexity index is 762. The molecule has 10 radical (unpaired) electrons. The number of carbonyl (C=O) groups is 1. The third kappa shape index (κ3) is 11.9. The monoisotopic (exact) mass is 498 g/mol. The van der Waals surface area contributed by atoms with Crippen molar-refractivity contribution in [1.29, 1.82) is 0 Å². The van der Waals surface area contributed by atoms with E-state index in [0.717, 1.165) is 11.5 Å². The second kappa shape index (κ2) is 16.4. The van der Waals surface area contributed by atoms with Crippen LogP contribution in [0.15, 0.2) is 58.7 Å². The van der Waals surface area contributed by atoms with Crippen molar-refractivity contribution in [2.75, 3.05) is 6.61 Å². The minimum atomic E-state index is -0.314. The van der Waals surface area contributed by atoms with Gasteiger partial charge in [-0.05, 0) is 114 Å². The van der Waals surface area contributed by atoms with Crippen LogP contribution in [0, 0.1) is 69.1 Å². The molecule has 2 nitrogen and oxygen atoms in total. The Kier molecular flexibility index (Phi) is 14.8. The van der Waals surface area contributed by atoms with Gasteiger partial charge in [0.05, 0.1) is 6.61 Å². The zero-order chi connectivity index (χ0) is 24.1. The van der Waals surface area contributed by atoms with E-state index in [9.17, 15) is 4.79 Å². The van der Waals surface area contributed by atoms with Crippen LogP contribution in [0.5, 0.6) is 0 Å². The molecule has 0 aromatic rings. The topological polar surface area (TPSA) is 26.3 Å². The average molecular weight is 498 g/mol. The molecule has 0 bridgehead atoms. The summed E-state index contributed by atoms with van der Waals surface area (Å²) < 4.78 is 5.24. The van der Waals surface area contributed by atoms with E-state index >= 15 is 0 Å². The molecule has 0 heterocycles. The molecular weight excluding hydrogens is 460 g/mol. The summed E-state index contributed by atoms with van der Waals surface area (Å²) in [6.07, 6.45) is 33.4. The molecule has 34 heavy (non-hydrogen) atoms. The number of carbonyl (C=O) groups excluding carboxylic acids is 1. The molecule has 180 valence electrons. The van der Waals surface area contributed by atoms with Crippen molar-refractivity contribution in [2.45, 2.75) is 53.9 Å². The van der Waals surface area contributed by atoms with Crippen molar-refractivity contribution >= 4 is 5.97 Å². The Morgan fingerprint density at radius 1 is 0.971 bits per heavy atom. The minimum Gasteiger partial charge on any atom is -0.462 e. The van der Waals surface area contributed by atoms with Crippen molar-refractivity contribution in [3.05, 3.63) is 122 Å². The molecule has 0 spiro atoms. The van der Waals surface area contributed by atoms with Gasteiger partial charge in [-0.1, -0.05) is 55.4 Å². The fourth-order valence-electron chi connectivity index (χ4n) is 3.89. The smallest absolute Gasteiger partial charge is 0.462 e. The summed E-state index contributed by atoms with van der Waals surface area (Å²) in [5.74, 6) is 0.692. The van der Waals surface area contributed by atoms with Crippen LogP contribution < -0.4 is 0 Å². The number of rotatable bonds is 7. The maximum Gasteiger partial charge on any atom is 2.00 e. The standard InChI is InChI=1S/C26H33O2.C5H5.Fe/c1-20(15-16-24-22(3)12-9-17-26(24,4)5)10-8-11-21(2)18-25(27)28-19-23-13-6-7-14-23;1-2-4-5-3-1;/h6-8,10-11,13-16,18H,9,12,17,19H2,1-5H3;1-5H;/q;;+2/b11-8+,16-15+,20-10+,21-18+;;. The first-order valence-electron chi connectivity index (χ1n) is 11.7. The fourth-order valence-corrected chi connectivity index (χ4v) is 3.89. The van der Waals surface area contributed by atoms with E-state index in [4.69, 9.17) is 4.74 Å². The first kappa shape index (κ1) is 30.7. The van der Waals surface area contributed by atoms with Crippen LogP contribution in [-0.4, -0.2) is 12.6 Å².